The lowest BCUT2D eigenvalue weighted by atomic mass is 9.97. The van der Waals surface area contributed by atoms with Crippen molar-refractivity contribution < 1.29 is 71.6 Å². The molecule has 0 bridgehead atoms. The number of nitrogens with one attached hydrogen (secondary N) is 1. The first-order valence-corrected chi connectivity index (χ1v) is 15.2. The number of carbonyl (C=O) groups excluding carboxylic acids is 6. The summed E-state index contributed by atoms with van der Waals surface area (Å²) >= 11 is 0. The number of ether oxygens (including phenoxy) is 8. The van der Waals surface area contributed by atoms with Crippen LogP contribution in [0, 0.1) is 10.1 Å². The Bertz CT molecular complexity index is 1710. The van der Waals surface area contributed by atoms with Gasteiger partial charge in [-0.25, -0.2) is 9.59 Å². The first kappa shape index (κ1) is 40.0. The van der Waals surface area contributed by atoms with Gasteiger partial charge in [0.1, 0.15) is 18.1 Å². The van der Waals surface area contributed by atoms with Gasteiger partial charge in [-0.05, 0) is 41.8 Å². The van der Waals surface area contributed by atoms with E-state index in [0.717, 1.165) is 40.0 Å². The Morgan fingerprint density at radius 3 is 2.17 bits per heavy atom. The highest BCUT2D eigenvalue weighted by Gasteiger charge is 2.56. The zero-order valence-electron chi connectivity index (χ0n) is 28.1. The zero-order chi connectivity index (χ0) is 38.4. The fraction of sp³-hybridized carbons (Fsp3) is 0.419. The highest BCUT2D eigenvalue weighted by atomic mass is 16.7. The molecule has 0 spiro atoms. The van der Waals surface area contributed by atoms with Crippen molar-refractivity contribution in [2.24, 2.45) is 5.11 Å². The van der Waals surface area contributed by atoms with E-state index in [1.807, 2.05) is 0 Å². The number of hydrogen-bond donors (Lipinski definition) is 1. The smallest absolute Gasteiger partial charge is 0.467 e. The monoisotopic (exact) mass is 731 g/mol. The quantitative estimate of drug-likeness (QED) is 0.0316. The number of nitrogens with zero attached hydrogens (tertiary/aromatic N) is 4. The Morgan fingerprint density at radius 1 is 0.942 bits per heavy atom. The molecule has 52 heavy (non-hydrogen) atoms. The van der Waals surface area contributed by atoms with Crippen molar-refractivity contribution in [1.29, 1.82) is 0 Å². The summed E-state index contributed by atoms with van der Waals surface area (Å²) in [4.78, 5) is 87.2. The van der Waals surface area contributed by atoms with E-state index in [1.165, 1.54) is 30.3 Å². The lowest BCUT2D eigenvalue weighted by molar-refractivity contribution is -0.384. The average molecular weight is 732 g/mol. The van der Waals surface area contributed by atoms with E-state index in [4.69, 9.17) is 43.4 Å². The topological polar surface area (TPSA) is 280 Å². The van der Waals surface area contributed by atoms with Crippen LogP contribution in [0.25, 0.3) is 10.4 Å². The summed E-state index contributed by atoms with van der Waals surface area (Å²) in [6, 6.07) is 8.69. The van der Waals surface area contributed by atoms with Gasteiger partial charge in [-0.15, -0.1) is 0 Å². The third kappa shape index (κ3) is 11.8. The molecule has 1 aliphatic heterocycles. The molecule has 0 saturated carbocycles. The van der Waals surface area contributed by atoms with Gasteiger partial charge < -0.3 is 43.2 Å². The second-order valence-electron chi connectivity index (χ2n) is 10.6. The molecular weight excluding hydrogens is 698 g/mol. The Balaban J connectivity index is 1.94. The van der Waals surface area contributed by atoms with E-state index in [-0.39, 0.29) is 47.8 Å². The summed E-state index contributed by atoms with van der Waals surface area (Å²) in [5, 5.41) is 16.8. The molecule has 21 heteroatoms. The minimum atomic E-state index is -1.76. The number of esters is 4. The first-order chi connectivity index (χ1) is 24.7. The fourth-order valence-corrected chi connectivity index (χ4v) is 4.64. The number of non-ortho nitro benzene ring substituents is 1. The van der Waals surface area contributed by atoms with E-state index >= 15 is 0 Å². The van der Waals surface area contributed by atoms with Crippen molar-refractivity contribution in [2.75, 3.05) is 19.0 Å². The molecule has 5 atom stereocenters. The van der Waals surface area contributed by atoms with Crippen molar-refractivity contribution in [3.63, 3.8) is 0 Å². The second-order valence-corrected chi connectivity index (χ2v) is 10.6. The highest BCUT2D eigenvalue weighted by molar-refractivity contribution is 5.92. The maximum absolute atomic E-state index is 12.9. The molecule has 1 unspecified atom stereocenters. The van der Waals surface area contributed by atoms with Crippen molar-refractivity contribution in [3.05, 3.63) is 68.6 Å². The summed E-state index contributed by atoms with van der Waals surface area (Å²) in [6.45, 7) is 2.68. The standard InChI is InChI=1S/C31H33N5O16/c1-16(37)47-25-26(48-17(2)38)28(49-18(3)39)30(52-27(25)29(41)45-4)51-23-12-7-19(14-22(23)34-24(40)6-5-13-33-35-32)15-46-31(42)50-21-10-8-20(9-11-21)36(43)44/h7-12,14,25-28,30H,5-6,13,15H2,1-4H3,(H,34,40)/t25-,26-,27?,28+,30+/m0/s1. The molecule has 0 radical (unpaired) electrons. The number of methoxy groups -OCH3 is 1. The fourth-order valence-electron chi connectivity index (χ4n) is 4.64. The number of rotatable bonds is 15. The van der Waals surface area contributed by atoms with Crippen LogP contribution in [0.1, 0.15) is 39.2 Å². The number of benzene rings is 2. The molecule has 1 N–H and O–H groups in total. The lowest BCUT2D eigenvalue weighted by Gasteiger charge is -2.43. The highest BCUT2D eigenvalue weighted by Crippen LogP contribution is 2.34. The van der Waals surface area contributed by atoms with E-state index in [1.54, 1.807) is 0 Å². The normalized spacial score (nSPS) is 19.0. The third-order valence-electron chi connectivity index (χ3n) is 6.73. The van der Waals surface area contributed by atoms with Crippen LogP contribution in [0.15, 0.2) is 47.6 Å². The number of nitro benzene ring substituents is 1. The predicted octanol–water partition coefficient (Wildman–Crippen LogP) is 3.41. The van der Waals surface area contributed by atoms with Gasteiger partial charge in [-0.1, -0.05) is 11.2 Å². The van der Waals surface area contributed by atoms with Gasteiger partial charge >= 0.3 is 30.0 Å². The number of anilines is 1. The summed E-state index contributed by atoms with van der Waals surface area (Å²) in [5.41, 5.74) is 8.51. The van der Waals surface area contributed by atoms with Crippen molar-refractivity contribution >= 4 is 47.3 Å². The van der Waals surface area contributed by atoms with Crippen LogP contribution in [0.3, 0.4) is 0 Å². The Labute approximate surface area is 294 Å². The Morgan fingerprint density at radius 2 is 1.58 bits per heavy atom. The van der Waals surface area contributed by atoms with Gasteiger partial charge in [-0.2, -0.15) is 0 Å². The predicted molar refractivity (Wildman–Crippen MR) is 170 cm³/mol. The van der Waals surface area contributed by atoms with Crippen molar-refractivity contribution in [1.82, 2.24) is 0 Å². The van der Waals surface area contributed by atoms with Gasteiger partial charge in [0, 0.05) is 50.8 Å². The summed E-state index contributed by atoms with van der Waals surface area (Å²) in [5.74, 6) is -4.54. The minimum Gasteiger partial charge on any atom is -0.467 e. The lowest BCUT2D eigenvalue weighted by Crippen LogP contribution is -2.64. The van der Waals surface area contributed by atoms with E-state index in [2.05, 4.69) is 15.3 Å². The molecule has 1 aliphatic rings. The maximum Gasteiger partial charge on any atom is 0.514 e. The molecule has 1 fully saturated rings. The minimum absolute atomic E-state index is 0.0218. The number of nitro groups is 1. The second kappa shape index (κ2) is 19.1. The zero-order valence-corrected chi connectivity index (χ0v) is 28.1. The number of hydrogen-bond acceptors (Lipinski definition) is 17. The molecule has 2 aromatic carbocycles. The number of azide groups is 1. The van der Waals surface area contributed by atoms with Crippen molar-refractivity contribution in [3.8, 4) is 11.5 Å². The van der Waals surface area contributed by atoms with Crippen LogP contribution in [0.2, 0.25) is 0 Å². The van der Waals surface area contributed by atoms with E-state index in [9.17, 15) is 38.9 Å². The first-order valence-electron chi connectivity index (χ1n) is 15.2. The largest absolute Gasteiger partial charge is 0.514 e. The van der Waals surface area contributed by atoms with E-state index in [0.29, 0.717) is 0 Å². The van der Waals surface area contributed by atoms with Gasteiger partial charge in [0.2, 0.25) is 18.3 Å². The molecule has 278 valence electrons. The SMILES string of the molecule is COC(=O)C1O[C@@H](Oc2ccc(COC(=O)Oc3ccc([N+](=O)[O-])cc3)cc2NC(=O)CCCN=[N+]=[N-])[C@H](OC(C)=O)[C@@H](OC(C)=O)[C@@H]1OC(C)=O. The summed E-state index contributed by atoms with van der Waals surface area (Å²) in [6.07, 6.45) is -9.58. The van der Waals surface area contributed by atoms with Gasteiger partial charge in [0.25, 0.3) is 5.69 Å². The molecule has 3 rings (SSSR count). The Hall–Kier alpha value is -6.47. The van der Waals surface area contributed by atoms with E-state index < -0.39 is 78.2 Å². The van der Waals surface area contributed by atoms with Gasteiger partial charge in [-0.3, -0.25) is 29.3 Å². The average Bonchev–Trinajstić information content (AvgIpc) is 3.08. The van der Waals surface area contributed by atoms with Crippen LogP contribution in [-0.2, 0) is 59.0 Å². The maximum atomic E-state index is 12.9. The van der Waals surface area contributed by atoms with Crippen LogP contribution < -0.4 is 14.8 Å². The van der Waals surface area contributed by atoms with Gasteiger partial charge in [0.15, 0.2) is 18.3 Å². The van der Waals surface area contributed by atoms with Crippen LogP contribution in [-0.4, -0.2) is 85.2 Å². The number of carbonyl (C=O) groups is 6. The van der Waals surface area contributed by atoms with Crippen LogP contribution >= 0.6 is 0 Å². The Kier molecular flexibility index (Phi) is 14.7. The molecule has 0 aliphatic carbocycles. The molecule has 1 saturated heterocycles. The molecule has 1 heterocycles. The molecule has 21 nitrogen and oxygen atoms in total. The molecule has 0 aromatic heterocycles. The van der Waals surface area contributed by atoms with Crippen LogP contribution in [0.4, 0.5) is 16.2 Å². The summed E-state index contributed by atoms with van der Waals surface area (Å²) in [7, 11) is 1.02. The molecule has 2 aromatic rings. The van der Waals surface area contributed by atoms with Crippen LogP contribution in [0.5, 0.6) is 11.5 Å². The molecular formula is C31H33N5O16. The summed E-state index contributed by atoms with van der Waals surface area (Å²) < 4.78 is 42.7. The number of amides is 1. The third-order valence-corrected chi connectivity index (χ3v) is 6.73. The van der Waals surface area contributed by atoms with Gasteiger partial charge in [0.05, 0.1) is 17.7 Å². The van der Waals surface area contributed by atoms with Crippen molar-refractivity contribution in [2.45, 2.75) is 70.9 Å². The molecule has 1 amide bonds.